The van der Waals surface area contributed by atoms with Gasteiger partial charge < -0.3 is 10.1 Å². The van der Waals surface area contributed by atoms with Crippen LogP contribution >= 0.6 is 11.3 Å². The van der Waals surface area contributed by atoms with Crippen molar-refractivity contribution in [1.82, 2.24) is 5.32 Å². The molecule has 1 N–H and O–H groups in total. The molecule has 5 heteroatoms. The van der Waals surface area contributed by atoms with Gasteiger partial charge in [0.1, 0.15) is 4.88 Å². The molecule has 20 heavy (non-hydrogen) atoms. The number of nitrogens with one attached hydrogen (secondary N) is 1. The van der Waals surface area contributed by atoms with Crippen molar-refractivity contribution in [3.63, 3.8) is 0 Å². The van der Waals surface area contributed by atoms with E-state index >= 15 is 0 Å². The Bertz CT molecular complexity index is 576. The molecule has 0 aliphatic rings. The summed E-state index contributed by atoms with van der Waals surface area (Å²) in [6, 6.07) is 11.3. The van der Waals surface area contributed by atoms with Gasteiger partial charge >= 0.3 is 5.97 Å². The molecule has 1 aromatic carbocycles. The molecule has 1 aromatic heterocycles. The summed E-state index contributed by atoms with van der Waals surface area (Å²) >= 11 is 1.29. The highest BCUT2D eigenvalue weighted by molar-refractivity contribution is 7.11. The monoisotopic (exact) mass is 289 g/mol. The Morgan fingerprint density at radius 1 is 1.20 bits per heavy atom. The summed E-state index contributed by atoms with van der Waals surface area (Å²) in [7, 11) is 0. The van der Waals surface area contributed by atoms with Crippen LogP contribution in [-0.2, 0) is 16.1 Å². The van der Waals surface area contributed by atoms with Crippen molar-refractivity contribution < 1.29 is 14.3 Å². The second-order valence-corrected chi connectivity index (χ2v) is 5.26. The van der Waals surface area contributed by atoms with Crippen LogP contribution in [0.4, 0.5) is 0 Å². The second-order valence-electron chi connectivity index (χ2n) is 4.32. The lowest BCUT2D eigenvalue weighted by atomic mass is 10.1. The first kappa shape index (κ1) is 14.3. The van der Waals surface area contributed by atoms with Crippen molar-refractivity contribution in [2.24, 2.45) is 0 Å². The third kappa shape index (κ3) is 4.20. The van der Waals surface area contributed by atoms with E-state index in [1.807, 2.05) is 31.2 Å². The van der Waals surface area contributed by atoms with Crippen LogP contribution in [0.1, 0.15) is 20.8 Å². The Morgan fingerprint density at radius 2 is 1.95 bits per heavy atom. The zero-order valence-electron chi connectivity index (χ0n) is 11.1. The molecule has 0 unspecified atom stereocenters. The fourth-order valence-corrected chi connectivity index (χ4v) is 2.17. The van der Waals surface area contributed by atoms with Crippen molar-refractivity contribution in [1.29, 1.82) is 0 Å². The molecular weight excluding hydrogens is 274 g/mol. The van der Waals surface area contributed by atoms with Gasteiger partial charge in [0, 0.05) is 6.54 Å². The molecule has 104 valence electrons. The molecule has 0 bridgehead atoms. The van der Waals surface area contributed by atoms with Crippen LogP contribution in [0.15, 0.2) is 41.8 Å². The molecule has 0 spiro atoms. The van der Waals surface area contributed by atoms with Crippen LogP contribution < -0.4 is 5.32 Å². The first-order valence-electron chi connectivity index (χ1n) is 6.18. The number of hydrogen-bond donors (Lipinski definition) is 1. The van der Waals surface area contributed by atoms with E-state index in [9.17, 15) is 9.59 Å². The molecule has 0 aliphatic carbocycles. The van der Waals surface area contributed by atoms with E-state index in [1.165, 1.54) is 16.9 Å². The lowest BCUT2D eigenvalue weighted by Gasteiger charge is -2.06. The predicted molar refractivity (Wildman–Crippen MR) is 77.6 cm³/mol. The molecule has 4 nitrogen and oxygen atoms in total. The number of thiophene rings is 1. The van der Waals surface area contributed by atoms with Crippen molar-refractivity contribution in [3.8, 4) is 0 Å². The van der Waals surface area contributed by atoms with Crippen LogP contribution in [-0.4, -0.2) is 18.5 Å². The summed E-state index contributed by atoms with van der Waals surface area (Å²) in [6.45, 7) is 2.17. The summed E-state index contributed by atoms with van der Waals surface area (Å²) in [4.78, 5) is 23.6. The maximum Gasteiger partial charge on any atom is 0.348 e. The first-order chi connectivity index (χ1) is 9.65. The highest BCUT2D eigenvalue weighted by Crippen LogP contribution is 2.09. The van der Waals surface area contributed by atoms with Crippen molar-refractivity contribution >= 4 is 23.2 Å². The fourth-order valence-electron chi connectivity index (χ4n) is 1.55. The predicted octanol–water partition coefficient (Wildman–Crippen LogP) is 2.53. The van der Waals surface area contributed by atoms with Crippen LogP contribution in [0.25, 0.3) is 0 Å². The van der Waals surface area contributed by atoms with Gasteiger partial charge in [-0.2, -0.15) is 0 Å². The van der Waals surface area contributed by atoms with E-state index in [2.05, 4.69) is 5.32 Å². The molecule has 0 atom stereocenters. The van der Waals surface area contributed by atoms with E-state index in [1.54, 1.807) is 17.5 Å². The quantitative estimate of drug-likeness (QED) is 0.861. The number of carbonyl (C=O) groups excluding carboxylic acids is 2. The van der Waals surface area contributed by atoms with Crippen molar-refractivity contribution in [2.75, 3.05) is 6.61 Å². The van der Waals surface area contributed by atoms with Gasteiger partial charge in [-0.25, -0.2) is 4.79 Å². The number of esters is 1. The standard InChI is InChI=1S/C15H15NO3S/c1-11-4-6-12(7-5-11)9-16-14(17)10-19-15(18)13-3-2-8-20-13/h2-8H,9-10H2,1H3,(H,16,17). The normalized spacial score (nSPS) is 10.1. The fraction of sp³-hybridized carbons (Fsp3) is 0.200. The molecule has 0 aliphatic heterocycles. The van der Waals surface area contributed by atoms with E-state index in [0.29, 0.717) is 11.4 Å². The summed E-state index contributed by atoms with van der Waals surface area (Å²) in [5, 5.41) is 4.49. The number of ether oxygens (including phenoxy) is 1. The Balaban J connectivity index is 1.73. The summed E-state index contributed by atoms with van der Waals surface area (Å²) < 4.78 is 4.92. The van der Waals surface area contributed by atoms with Gasteiger partial charge in [-0.15, -0.1) is 11.3 Å². The third-order valence-electron chi connectivity index (χ3n) is 2.67. The van der Waals surface area contributed by atoms with Gasteiger partial charge in [0.05, 0.1) is 0 Å². The first-order valence-corrected chi connectivity index (χ1v) is 7.06. The Kier molecular flexibility index (Phi) is 4.90. The van der Waals surface area contributed by atoms with Gasteiger partial charge in [-0.1, -0.05) is 35.9 Å². The third-order valence-corrected chi connectivity index (χ3v) is 3.52. The lowest BCUT2D eigenvalue weighted by Crippen LogP contribution is -2.28. The average Bonchev–Trinajstić information content (AvgIpc) is 2.98. The van der Waals surface area contributed by atoms with E-state index in [-0.39, 0.29) is 12.5 Å². The minimum absolute atomic E-state index is 0.261. The van der Waals surface area contributed by atoms with Crippen LogP contribution in [0, 0.1) is 6.92 Å². The van der Waals surface area contributed by atoms with Crippen LogP contribution in [0.3, 0.4) is 0 Å². The maximum absolute atomic E-state index is 11.6. The summed E-state index contributed by atoms with van der Waals surface area (Å²) in [5.41, 5.74) is 2.18. The topological polar surface area (TPSA) is 55.4 Å². The molecule has 2 rings (SSSR count). The number of hydrogen-bond acceptors (Lipinski definition) is 4. The lowest BCUT2D eigenvalue weighted by molar-refractivity contribution is -0.124. The average molecular weight is 289 g/mol. The maximum atomic E-state index is 11.6. The number of benzene rings is 1. The number of rotatable bonds is 5. The molecule has 0 fully saturated rings. The van der Waals surface area contributed by atoms with Gasteiger partial charge in [0.2, 0.25) is 0 Å². The highest BCUT2D eigenvalue weighted by Gasteiger charge is 2.10. The van der Waals surface area contributed by atoms with Gasteiger partial charge in [-0.3, -0.25) is 4.79 Å². The summed E-state index contributed by atoms with van der Waals surface area (Å²) in [6.07, 6.45) is 0. The molecule has 0 saturated heterocycles. The van der Waals surface area contributed by atoms with Gasteiger partial charge in [0.15, 0.2) is 6.61 Å². The van der Waals surface area contributed by atoms with Crippen molar-refractivity contribution in [2.45, 2.75) is 13.5 Å². The van der Waals surface area contributed by atoms with Crippen LogP contribution in [0.5, 0.6) is 0 Å². The van der Waals surface area contributed by atoms with Gasteiger partial charge in [0.25, 0.3) is 5.91 Å². The van der Waals surface area contributed by atoms with E-state index < -0.39 is 5.97 Å². The summed E-state index contributed by atoms with van der Waals surface area (Å²) in [5.74, 6) is -0.777. The van der Waals surface area contributed by atoms with E-state index in [0.717, 1.165) is 5.56 Å². The van der Waals surface area contributed by atoms with E-state index in [4.69, 9.17) is 4.74 Å². The molecule has 0 saturated carbocycles. The smallest absolute Gasteiger partial charge is 0.348 e. The Labute approximate surface area is 121 Å². The molecule has 2 aromatic rings. The van der Waals surface area contributed by atoms with Crippen molar-refractivity contribution in [3.05, 3.63) is 57.8 Å². The molecule has 0 radical (unpaired) electrons. The largest absolute Gasteiger partial charge is 0.451 e. The SMILES string of the molecule is Cc1ccc(CNC(=O)COC(=O)c2cccs2)cc1. The Hall–Kier alpha value is -2.14. The van der Waals surface area contributed by atoms with Crippen LogP contribution in [0.2, 0.25) is 0 Å². The Morgan fingerprint density at radius 3 is 2.60 bits per heavy atom. The number of amides is 1. The molecule has 1 heterocycles. The molecule has 1 amide bonds. The minimum Gasteiger partial charge on any atom is -0.451 e. The zero-order valence-corrected chi connectivity index (χ0v) is 11.9. The van der Waals surface area contributed by atoms with Gasteiger partial charge in [-0.05, 0) is 23.9 Å². The zero-order chi connectivity index (χ0) is 14.4. The second kappa shape index (κ2) is 6.86. The number of aryl methyl sites for hydroxylation is 1. The number of carbonyl (C=O) groups is 2. The molecular formula is C15H15NO3S. The highest BCUT2D eigenvalue weighted by atomic mass is 32.1. The minimum atomic E-state index is -0.467.